The van der Waals surface area contributed by atoms with Crippen LogP contribution in [0.4, 0.5) is 5.95 Å². The quantitative estimate of drug-likeness (QED) is 0.483. The molecule has 154 valence electrons. The van der Waals surface area contributed by atoms with Gasteiger partial charge in [0.05, 0.1) is 7.11 Å². The lowest BCUT2D eigenvalue weighted by Gasteiger charge is -2.16. The first kappa shape index (κ1) is 21.2. The summed E-state index contributed by atoms with van der Waals surface area (Å²) in [5, 5.41) is 16.3. The summed E-state index contributed by atoms with van der Waals surface area (Å²) in [5.74, 6) is 1.90. The standard InChI is InChI=1S/C20H23Cl2N5O2/c1-3-4-10-27-20(24-25-26-27)23-12-14-6-5-7-18(28-2)19(14)29-13-15-8-9-16(21)11-17(15)22/h5-9,11H,3-4,10,12-13H2,1-2H3,(H,23,24,26). The molecule has 0 unspecified atom stereocenters. The summed E-state index contributed by atoms with van der Waals surface area (Å²) >= 11 is 12.2. The van der Waals surface area contributed by atoms with Gasteiger partial charge in [0.15, 0.2) is 11.5 Å². The number of ether oxygens (including phenoxy) is 2. The molecule has 9 heteroatoms. The van der Waals surface area contributed by atoms with Crippen molar-refractivity contribution in [2.45, 2.75) is 39.5 Å². The van der Waals surface area contributed by atoms with Crippen molar-refractivity contribution in [2.24, 2.45) is 0 Å². The van der Waals surface area contributed by atoms with Crippen molar-refractivity contribution in [3.8, 4) is 11.5 Å². The molecule has 0 saturated heterocycles. The fourth-order valence-electron chi connectivity index (χ4n) is 2.78. The molecular formula is C20H23Cl2N5O2. The summed E-state index contributed by atoms with van der Waals surface area (Å²) in [4.78, 5) is 0. The maximum atomic E-state index is 6.26. The molecule has 3 aromatic rings. The zero-order valence-corrected chi connectivity index (χ0v) is 17.9. The van der Waals surface area contributed by atoms with Crippen LogP contribution in [0.15, 0.2) is 36.4 Å². The molecule has 1 aromatic heterocycles. The molecule has 0 aliphatic carbocycles. The Hall–Kier alpha value is -2.51. The van der Waals surface area contributed by atoms with E-state index in [2.05, 4.69) is 27.8 Å². The van der Waals surface area contributed by atoms with Gasteiger partial charge in [0.25, 0.3) is 0 Å². The summed E-state index contributed by atoms with van der Waals surface area (Å²) in [5.41, 5.74) is 1.75. The molecule has 2 aromatic carbocycles. The van der Waals surface area contributed by atoms with Crippen molar-refractivity contribution >= 4 is 29.2 Å². The van der Waals surface area contributed by atoms with E-state index in [0.29, 0.717) is 34.0 Å². The predicted octanol–water partition coefficient (Wildman–Crippen LogP) is 4.98. The van der Waals surface area contributed by atoms with Crippen LogP contribution in [0.2, 0.25) is 10.0 Å². The van der Waals surface area contributed by atoms with Crippen molar-refractivity contribution in [1.29, 1.82) is 0 Å². The third kappa shape index (κ3) is 5.52. The van der Waals surface area contributed by atoms with Gasteiger partial charge in [-0.25, -0.2) is 4.68 Å². The molecule has 0 atom stereocenters. The lowest BCUT2D eigenvalue weighted by molar-refractivity contribution is 0.282. The Bertz CT molecular complexity index is 948. The van der Waals surface area contributed by atoms with Gasteiger partial charge < -0.3 is 14.8 Å². The molecule has 0 spiro atoms. The topological polar surface area (TPSA) is 74.1 Å². The van der Waals surface area contributed by atoms with Crippen LogP contribution in [0, 0.1) is 0 Å². The number of anilines is 1. The lowest BCUT2D eigenvalue weighted by atomic mass is 10.1. The zero-order valence-electron chi connectivity index (χ0n) is 16.4. The van der Waals surface area contributed by atoms with Crippen molar-refractivity contribution in [3.63, 3.8) is 0 Å². The smallest absolute Gasteiger partial charge is 0.243 e. The van der Waals surface area contributed by atoms with Gasteiger partial charge in [-0.1, -0.05) is 59.8 Å². The largest absolute Gasteiger partial charge is 0.493 e. The number of methoxy groups -OCH3 is 1. The van der Waals surface area contributed by atoms with Crippen LogP contribution >= 0.6 is 23.2 Å². The molecule has 0 aliphatic rings. The minimum atomic E-state index is 0.289. The highest BCUT2D eigenvalue weighted by Gasteiger charge is 2.13. The van der Waals surface area contributed by atoms with Crippen LogP contribution in [0.5, 0.6) is 11.5 Å². The highest BCUT2D eigenvalue weighted by molar-refractivity contribution is 6.35. The van der Waals surface area contributed by atoms with E-state index in [1.165, 1.54) is 0 Å². The van der Waals surface area contributed by atoms with E-state index in [9.17, 15) is 0 Å². The molecule has 3 rings (SSSR count). The first-order valence-corrected chi connectivity index (χ1v) is 10.1. The van der Waals surface area contributed by atoms with Crippen LogP contribution in [0.1, 0.15) is 30.9 Å². The van der Waals surface area contributed by atoms with Crippen LogP contribution in [-0.4, -0.2) is 27.3 Å². The Balaban J connectivity index is 1.75. The number of hydrogen-bond donors (Lipinski definition) is 1. The number of nitrogens with one attached hydrogen (secondary N) is 1. The van der Waals surface area contributed by atoms with Gasteiger partial charge in [-0.05, 0) is 35.0 Å². The normalized spacial score (nSPS) is 10.8. The molecule has 0 bridgehead atoms. The van der Waals surface area contributed by atoms with Gasteiger partial charge in [-0.2, -0.15) is 0 Å². The SMILES string of the molecule is CCCCn1nnnc1NCc1cccc(OC)c1OCc1ccc(Cl)cc1Cl. The maximum absolute atomic E-state index is 6.26. The Labute approximate surface area is 179 Å². The van der Waals surface area contributed by atoms with Gasteiger partial charge in [-0.15, -0.1) is 0 Å². The van der Waals surface area contributed by atoms with E-state index in [4.69, 9.17) is 32.7 Å². The molecular weight excluding hydrogens is 413 g/mol. The minimum absolute atomic E-state index is 0.289. The molecule has 0 saturated carbocycles. The summed E-state index contributed by atoms with van der Waals surface area (Å²) in [7, 11) is 1.61. The number of rotatable bonds is 10. The number of para-hydroxylation sites is 1. The predicted molar refractivity (Wildman–Crippen MR) is 114 cm³/mol. The Morgan fingerprint density at radius 2 is 2.00 bits per heavy atom. The lowest BCUT2D eigenvalue weighted by Crippen LogP contribution is -2.10. The van der Waals surface area contributed by atoms with Gasteiger partial charge >= 0.3 is 0 Å². The summed E-state index contributed by atoms with van der Waals surface area (Å²) in [6.45, 7) is 3.66. The molecule has 7 nitrogen and oxygen atoms in total. The van der Waals surface area contributed by atoms with E-state index < -0.39 is 0 Å². The third-order valence-electron chi connectivity index (χ3n) is 4.36. The van der Waals surface area contributed by atoms with Crippen molar-refractivity contribution < 1.29 is 9.47 Å². The molecule has 0 radical (unpaired) electrons. The highest BCUT2D eigenvalue weighted by Crippen LogP contribution is 2.33. The fourth-order valence-corrected chi connectivity index (χ4v) is 3.24. The summed E-state index contributed by atoms with van der Waals surface area (Å²) in [6, 6.07) is 11.1. The highest BCUT2D eigenvalue weighted by atomic mass is 35.5. The number of aryl methyl sites for hydroxylation is 1. The summed E-state index contributed by atoms with van der Waals surface area (Å²) in [6.07, 6.45) is 2.08. The Kier molecular flexibility index (Phi) is 7.55. The molecule has 1 heterocycles. The average molecular weight is 436 g/mol. The first-order chi connectivity index (χ1) is 14.1. The molecule has 29 heavy (non-hydrogen) atoms. The zero-order chi connectivity index (χ0) is 20.6. The van der Waals surface area contributed by atoms with E-state index in [1.807, 2.05) is 24.3 Å². The Morgan fingerprint density at radius 3 is 2.76 bits per heavy atom. The van der Waals surface area contributed by atoms with Crippen LogP contribution in [-0.2, 0) is 19.7 Å². The molecule has 0 fully saturated rings. The van der Waals surface area contributed by atoms with E-state index in [-0.39, 0.29) is 6.61 Å². The van der Waals surface area contributed by atoms with Crippen LogP contribution in [0.25, 0.3) is 0 Å². The molecule has 0 aliphatic heterocycles. The number of aromatic nitrogens is 4. The maximum Gasteiger partial charge on any atom is 0.243 e. The summed E-state index contributed by atoms with van der Waals surface area (Å²) < 4.78 is 13.3. The van der Waals surface area contributed by atoms with Crippen LogP contribution < -0.4 is 14.8 Å². The van der Waals surface area contributed by atoms with E-state index in [1.54, 1.807) is 23.9 Å². The first-order valence-electron chi connectivity index (χ1n) is 9.35. The van der Waals surface area contributed by atoms with Crippen molar-refractivity contribution in [1.82, 2.24) is 20.2 Å². The van der Waals surface area contributed by atoms with Gasteiger partial charge in [0, 0.05) is 34.3 Å². The number of nitrogens with zero attached hydrogens (tertiary/aromatic N) is 4. The second-order valence-corrected chi connectivity index (χ2v) is 7.25. The number of hydrogen-bond acceptors (Lipinski definition) is 6. The monoisotopic (exact) mass is 435 g/mol. The average Bonchev–Trinajstić information content (AvgIpc) is 3.17. The molecule has 0 amide bonds. The Morgan fingerprint density at radius 1 is 1.14 bits per heavy atom. The van der Waals surface area contributed by atoms with Crippen molar-refractivity contribution in [2.75, 3.05) is 12.4 Å². The van der Waals surface area contributed by atoms with Gasteiger partial charge in [0.1, 0.15) is 6.61 Å². The number of halogens is 2. The minimum Gasteiger partial charge on any atom is -0.493 e. The number of benzene rings is 2. The number of unbranched alkanes of at least 4 members (excludes halogenated alkanes) is 1. The van der Waals surface area contributed by atoms with Crippen molar-refractivity contribution in [3.05, 3.63) is 57.6 Å². The van der Waals surface area contributed by atoms with Crippen LogP contribution in [0.3, 0.4) is 0 Å². The molecule has 1 N–H and O–H groups in total. The van der Waals surface area contributed by atoms with Gasteiger partial charge in [0.2, 0.25) is 5.95 Å². The number of tetrazole rings is 1. The van der Waals surface area contributed by atoms with E-state index >= 15 is 0 Å². The third-order valence-corrected chi connectivity index (χ3v) is 4.95. The second kappa shape index (κ2) is 10.3. The van der Waals surface area contributed by atoms with Gasteiger partial charge in [-0.3, -0.25) is 0 Å². The fraction of sp³-hybridized carbons (Fsp3) is 0.350. The second-order valence-electron chi connectivity index (χ2n) is 6.41. The van der Waals surface area contributed by atoms with E-state index in [0.717, 1.165) is 30.5 Å².